The van der Waals surface area contributed by atoms with Crippen molar-refractivity contribution in [2.45, 2.75) is 32.2 Å². The molecule has 2 aromatic carbocycles. The number of benzene rings is 2. The highest BCUT2D eigenvalue weighted by Gasteiger charge is 2.45. The number of hydrogen-bond donors (Lipinski definition) is 1. The Kier molecular flexibility index (Phi) is 3.56. The molecule has 0 radical (unpaired) electrons. The van der Waals surface area contributed by atoms with Gasteiger partial charge in [-0.25, -0.2) is 0 Å². The molecule has 1 aliphatic carbocycles. The molecule has 3 unspecified atom stereocenters. The van der Waals surface area contributed by atoms with Crippen molar-refractivity contribution in [1.29, 1.82) is 0 Å². The van der Waals surface area contributed by atoms with E-state index in [-0.39, 0.29) is 23.8 Å². The maximum absolute atomic E-state index is 12.5. The van der Waals surface area contributed by atoms with Gasteiger partial charge in [-0.2, -0.15) is 4.98 Å². The Hall–Kier alpha value is -2.69. The fraction of sp³-hybridized carbons (Fsp3) is 0.316. The second-order valence-corrected chi connectivity index (χ2v) is 6.42. The molecule has 24 heavy (non-hydrogen) atoms. The van der Waals surface area contributed by atoms with Crippen LogP contribution in [-0.4, -0.2) is 16.0 Å². The topological polar surface area (TPSA) is 68.0 Å². The van der Waals surface area contributed by atoms with E-state index >= 15 is 0 Å². The van der Waals surface area contributed by atoms with E-state index in [0.29, 0.717) is 11.7 Å². The van der Waals surface area contributed by atoms with Gasteiger partial charge in [0.15, 0.2) is 5.82 Å². The van der Waals surface area contributed by atoms with Crippen molar-refractivity contribution in [1.82, 2.24) is 15.5 Å². The second-order valence-electron chi connectivity index (χ2n) is 6.42. The number of carbonyl (C=O) groups excluding carboxylic acids is 1. The first-order valence-corrected chi connectivity index (χ1v) is 8.21. The summed E-state index contributed by atoms with van der Waals surface area (Å²) in [5.41, 5.74) is 1.26. The lowest BCUT2D eigenvalue weighted by molar-refractivity contribution is -0.123. The molecule has 0 bridgehead atoms. The van der Waals surface area contributed by atoms with Gasteiger partial charge in [-0.15, -0.1) is 0 Å². The molecular weight excluding hydrogens is 302 g/mol. The third kappa shape index (κ3) is 2.66. The van der Waals surface area contributed by atoms with Crippen molar-refractivity contribution in [2.75, 3.05) is 0 Å². The third-order valence-corrected chi connectivity index (χ3v) is 4.64. The monoisotopic (exact) mass is 321 g/mol. The van der Waals surface area contributed by atoms with Crippen LogP contribution < -0.4 is 5.32 Å². The number of aryl methyl sites for hydroxylation is 1. The third-order valence-electron chi connectivity index (χ3n) is 4.64. The molecule has 3 atom stereocenters. The molecule has 0 aliphatic heterocycles. The molecule has 5 nitrogen and oxygen atoms in total. The van der Waals surface area contributed by atoms with Crippen LogP contribution in [0.5, 0.6) is 0 Å². The standard InChI is InChI=1S/C19H19N3O2/c1-11(18-21-12(2)24-22-18)20-19(23)17-10-16(17)15-9-5-7-13-6-3-4-8-14(13)15/h3-9,11,16-17H,10H2,1-2H3,(H,20,23). The highest BCUT2D eigenvalue weighted by atomic mass is 16.5. The molecule has 1 saturated carbocycles. The summed E-state index contributed by atoms with van der Waals surface area (Å²) in [7, 11) is 0. The van der Waals surface area contributed by atoms with Crippen molar-refractivity contribution in [3.63, 3.8) is 0 Å². The molecule has 5 heteroatoms. The lowest BCUT2D eigenvalue weighted by Gasteiger charge is -2.10. The molecule has 1 amide bonds. The van der Waals surface area contributed by atoms with Crippen molar-refractivity contribution >= 4 is 16.7 Å². The number of hydrogen-bond acceptors (Lipinski definition) is 4. The lowest BCUT2D eigenvalue weighted by Crippen LogP contribution is -2.29. The number of nitrogens with one attached hydrogen (secondary N) is 1. The zero-order valence-corrected chi connectivity index (χ0v) is 13.7. The minimum atomic E-state index is -0.247. The van der Waals surface area contributed by atoms with Gasteiger partial charge < -0.3 is 9.84 Å². The fourth-order valence-electron chi connectivity index (χ4n) is 3.28. The predicted molar refractivity (Wildman–Crippen MR) is 90.4 cm³/mol. The Morgan fingerprint density at radius 1 is 1.25 bits per heavy atom. The summed E-state index contributed by atoms with van der Waals surface area (Å²) in [5.74, 6) is 1.39. The van der Waals surface area contributed by atoms with Crippen LogP contribution in [0.1, 0.15) is 42.6 Å². The molecule has 122 valence electrons. The Morgan fingerprint density at radius 3 is 2.83 bits per heavy atom. The van der Waals surface area contributed by atoms with Crippen LogP contribution in [0.15, 0.2) is 47.0 Å². The van der Waals surface area contributed by atoms with E-state index in [1.165, 1.54) is 16.3 Å². The molecule has 1 heterocycles. The first kappa shape index (κ1) is 14.9. The van der Waals surface area contributed by atoms with Crippen LogP contribution >= 0.6 is 0 Å². The van der Waals surface area contributed by atoms with Crippen LogP contribution in [0.2, 0.25) is 0 Å². The Balaban J connectivity index is 1.48. The first-order valence-electron chi connectivity index (χ1n) is 8.21. The lowest BCUT2D eigenvalue weighted by atomic mass is 10.00. The van der Waals surface area contributed by atoms with Crippen molar-refractivity contribution in [3.8, 4) is 0 Å². The van der Waals surface area contributed by atoms with Gasteiger partial charge in [0, 0.05) is 12.8 Å². The summed E-state index contributed by atoms with van der Waals surface area (Å²) in [6.45, 7) is 3.61. The zero-order chi connectivity index (χ0) is 16.7. The molecule has 4 rings (SSSR count). The van der Waals surface area contributed by atoms with Crippen LogP contribution in [0.25, 0.3) is 10.8 Å². The minimum Gasteiger partial charge on any atom is -0.346 e. The molecule has 1 aliphatic rings. The van der Waals surface area contributed by atoms with Crippen LogP contribution in [-0.2, 0) is 4.79 Å². The molecule has 3 aromatic rings. The molecule has 1 fully saturated rings. The summed E-state index contributed by atoms with van der Waals surface area (Å²) < 4.78 is 4.97. The summed E-state index contributed by atoms with van der Waals surface area (Å²) in [6, 6.07) is 14.4. The van der Waals surface area contributed by atoms with Crippen molar-refractivity contribution in [3.05, 3.63) is 59.7 Å². The van der Waals surface area contributed by atoms with E-state index in [9.17, 15) is 4.79 Å². The van der Waals surface area contributed by atoms with E-state index in [0.717, 1.165) is 6.42 Å². The SMILES string of the molecule is Cc1nc(C(C)NC(=O)C2CC2c2cccc3ccccc23)no1. The van der Waals surface area contributed by atoms with Gasteiger partial charge in [-0.1, -0.05) is 47.6 Å². The molecule has 1 aromatic heterocycles. The molecule has 0 saturated heterocycles. The quantitative estimate of drug-likeness (QED) is 0.798. The number of carbonyl (C=O) groups is 1. The van der Waals surface area contributed by atoms with E-state index in [1.54, 1.807) is 6.92 Å². The highest BCUT2D eigenvalue weighted by molar-refractivity contribution is 5.89. The highest BCUT2D eigenvalue weighted by Crippen LogP contribution is 2.49. The average Bonchev–Trinajstić information content (AvgIpc) is 3.27. The average molecular weight is 321 g/mol. The molecule has 1 N–H and O–H groups in total. The minimum absolute atomic E-state index is 0.0197. The van der Waals surface area contributed by atoms with Gasteiger partial charge in [0.2, 0.25) is 11.8 Å². The maximum atomic E-state index is 12.5. The van der Waals surface area contributed by atoms with Crippen molar-refractivity contribution < 1.29 is 9.32 Å². The normalized spacial score (nSPS) is 20.8. The smallest absolute Gasteiger partial charge is 0.224 e. The van der Waals surface area contributed by atoms with Gasteiger partial charge in [-0.3, -0.25) is 4.79 Å². The van der Waals surface area contributed by atoms with Crippen LogP contribution in [0, 0.1) is 12.8 Å². The summed E-state index contributed by atoms with van der Waals surface area (Å²) in [6.07, 6.45) is 0.887. The predicted octanol–water partition coefficient (Wildman–Crippen LogP) is 3.51. The van der Waals surface area contributed by atoms with Gasteiger partial charge in [0.25, 0.3) is 0 Å². The number of amides is 1. The Bertz CT molecular complexity index is 897. The Labute approximate surface area is 140 Å². The van der Waals surface area contributed by atoms with E-state index < -0.39 is 0 Å². The Morgan fingerprint density at radius 2 is 2.04 bits per heavy atom. The van der Waals surface area contributed by atoms with Gasteiger partial charge in [-0.05, 0) is 35.6 Å². The van der Waals surface area contributed by atoms with E-state index in [1.807, 2.05) is 19.1 Å². The van der Waals surface area contributed by atoms with E-state index in [4.69, 9.17) is 4.52 Å². The van der Waals surface area contributed by atoms with Gasteiger partial charge in [0.05, 0.1) is 6.04 Å². The maximum Gasteiger partial charge on any atom is 0.224 e. The number of fused-ring (bicyclic) bond motifs is 1. The van der Waals surface area contributed by atoms with Crippen molar-refractivity contribution in [2.24, 2.45) is 5.92 Å². The largest absolute Gasteiger partial charge is 0.346 e. The molecular formula is C19H19N3O2. The number of nitrogens with zero attached hydrogens (tertiary/aromatic N) is 2. The summed E-state index contributed by atoms with van der Waals surface area (Å²) >= 11 is 0. The molecule has 0 spiro atoms. The van der Waals surface area contributed by atoms with Gasteiger partial charge >= 0.3 is 0 Å². The first-order chi connectivity index (χ1) is 11.6. The zero-order valence-electron chi connectivity index (χ0n) is 13.7. The summed E-state index contributed by atoms with van der Waals surface area (Å²) in [5, 5.41) is 9.32. The number of rotatable bonds is 4. The summed E-state index contributed by atoms with van der Waals surface area (Å²) in [4.78, 5) is 16.7. The van der Waals surface area contributed by atoms with E-state index in [2.05, 4.69) is 45.8 Å². The van der Waals surface area contributed by atoms with Crippen LogP contribution in [0.3, 0.4) is 0 Å². The fourth-order valence-corrected chi connectivity index (χ4v) is 3.28. The number of aromatic nitrogens is 2. The van der Waals surface area contributed by atoms with Crippen LogP contribution in [0.4, 0.5) is 0 Å². The second kappa shape index (κ2) is 5.74. The van der Waals surface area contributed by atoms with Gasteiger partial charge in [0.1, 0.15) is 0 Å².